The fourth-order valence-electron chi connectivity index (χ4n) is 1.77. The van der Waals surface area contributed by atoms with E-state index in [-0.39, 0.29) is 11.6 Å². The summed E-state index contributed by atoms with van der Waals surface area (Å²) < 4.78 is 19.0. The highest BCUT2D eigenvalue weighted by atomic mass is 32.1. The van der Waals surface area contributed by atoms with Gasteiger partial charge in [0.15, 0.2) is 11.6 Å². The van der Waals surface area contributed by atoms with Crippen molar-refractivity contribution >= 4 is 11.3 Å². The fourth-order valence-corrected chi connectivity index (χ4v) is 2.72. The van der Waals surface area contributed by atoms with Crippen LogP contribution in [0.15, 0.2) is 29.6 Å². The van der Waals surface area contributed by atoms with Gasteiger partial charge >= 0.3 is 0 Å². The molecule has 2 nitrogen and oxygen atoms in total. The van der Waals surface area contributed by atoms with Crippen LogP contribution in [0.3, 0.4) is 0 Å². The standard InChI is InChI=1S/C13H14FNOS/c1-8-6-7-17-13(8)12(15)9-4-3-5-10(16-2)11(9)14/h3-7,12H,15H2,1-2H3. The largest absolute Gasteiger partial charge is 0.494 e. The Morgan fingerprint density at radius 1 is 1.35 bits per heavy atom. The first kappa shape index (κ1) is 12.1. The Morgan fingerprint density at radius 2 is 2.12 bits per heavy atom. The second-order valence-electron chi connectivity index (χ2n) is 3.81. The molecule has 0 aliphatic carbocycles. The van der Waals surface area contributed by atoms with Gasteiger partial charge in [-0.25, -0.2) is 4.39 Å². The lowest BCUT2D eigenvalue weighted by Crippen LogP contribution is -2.13. The van der Waals surface area contributed by atoms with Crippen molar-refractivity contribution in [1.29, 1.82) is 0 Å². The maximum Gasteiger partial charge on any atom is 0.170 e. The molecule has 1 unspecified atom stereocenters. The highest BCUT2D eigenvalue weighted by Crippen LogP contribution is 2.31. The van der Waals surface area contributed by atoms with Crippen molar-refractivity contribution < 1.29 is 9.13 Å². The lowest BCUT2D eigenvalue weighted by molar-refractivity contribution is 0.383. The van der Waals surface area contributed by atoms with Crippen LogP contribution in [0.1, 0.15) is 22.0 Å². The summed E-state index contributed by atoms with van der Waals surface area (Å²) >= 11 is 1.54. The van der Waals surface area contributed by atoms with Crippen molar-refractivity contribution in [3.05, 3.63) is 51.5 Å². The second kappa shape index (κ2) is 4.85. The molecule has 0 aliphatic heterocycles. The summed E-state index contributed by atoms with van der Waals surface area (Å²) in [5.74, 6) is -0.151. The third-order valence-corrected chi connectivity index (χ3v) is 3.83. The van der Waals surface area contributed by atoms with E-state index in [1.807, 2.05) is 18.4 Å². The van der Waals surface area contributed by atoms with Crippen LogP contribution < -0.4 is 10.5 Å². The fraction of sp³-hybridized carbons (Fsp3) is 0.231. The monoisotopic (exact) mass is 251 g/mol. The van der Waals surface area contributed by atoms with Crippen molar-refractivity contribution in [1.82, 2.24) is 0 Å². The van der Waals surface area contributed by atoms with E-state index in [9.17, 15) is 4.39 Å². The van der Waals surface area contributed by atoms with Crippen molar-refractivity contribution in [3.63, 3.8) is 0 Å². The predicted molar refractivity (Wildman–Crippen MR) is 68.0 cm³/mol. The molecule has 0 aliphatic rings. The summed E-state index contributed by atoms with van der Waals surface area (Å²) in [4.78, 5) is 0.983. The van der Waals surface area contributed by atoms with Crippen LogP contribution in [-0.2, 0) is 0 Å². The summed E-state index contributed by atoms with van der Waals surface area (Å²) in [5, 5.41) is 1.96. The van der Waals surface area contributed by atoms with Gasteiger partial charge in [0.05, 0.1) is 13.2 Å². The Kier molecular flexibility index (Phi) is 3.45. The minimum atomic E-state index is -0.440. The Balaban J connectivity index is 2.44. The van der Waals surface area contributed by atoms with E-state index in [0.717, 1.165) is 10.4 Å². The molecule has 2 rings (SSSR count). The molecule has 90 valence electrons. The zero-order valence-electron chi connectivity index (χ0n) is 9.74. The second-order valence-corrected chi connectivity index (χ2v) is 4.76. The minimum absolute atomic E-state index is 0.229. The normalized spacial score (nSPS) is 12.5. The van der Waals surface area contributed by atoms with Crippen molar-refractivity contribution in [2.24, 2.45) is 5.73 Å². The molecule has 0 fully saturated rings. The highest BCUT2D eigenvalue weighted by molar-refractivity contribution is 7.10. The molecular formula is C13H14FNOS. The van der Waals surface area contributed by atoms with Crippen LogP contribution in [0, 0.1) is 12.7 Å². The van der Waals surface area contributed by atoms with Crippen LogP contribution in [-0.4, -0.2) is 7.11 Å². The third kappa shape index (κ3) is 2.18. The van der Waals surface area contributed by atoms with Gasteiger partial charge in [-0.05, 0) is 30.0 Å². The molecule has 2 N–H and O–H groups in total. The van der Waals surface area contributed by atoms with Crippen LogP contribution >= 0.6 is 11.3 Å². The number of hydrogen-bond acceptors (Lipinski definition) is 3. The number of benzene rings is 1. The number of hydrogen-bond donors (Lipinski definition) is 1. The van der Waals surface area contributed by atoms with Gasteiger partial charge in [-0.15, -0.1) is 11.3 Å². The van der Waals surface area contributed by atoms with E-state index in [0.29, 0.717) is 5.56 Å². The number of thiophene rings is 1. The summed E-state index contributed by atoms with van der Waals surface area (Å²) in [6.07, 6.45) is 0. The first-order chi connectivity index (χ1) is 8.15. The smallest absolute Gasteiger partial charge is 0.170 e. The molecule has 4 heteroatoms. The summed E-state index contributed by atoms with van der Waals surface area (Å²) in [6, 6.07) is 6.58. The summed E-state index contributed by atoms with van der Waals surface area (Å²) in [7, 11) is 1.45. The van der Waals surface area contributed by atoms with Gasteiger partial charge in [0.1, 0.15) is 0 Å². The number of aryl methyl sites for hydroxylation is 1. The zero-order chi connectivity index (χ0) is 12.4. The molecule has 0 bridgehead atoms. The number of ether oxygens (including phenoxy) is 1. The average Bonchev–Trinajstić information content (AvgIpc) is 2.75. The molecule has 17 heavy (non-hydrogen) atoms. The molecule has 0 amide bonds. The molecule has 1 atom stereocenters. The Labute approximate surface area is 104 Å². The molecule has 0 saturated heterocycles. The average molecular weight is 251 g/mol. The molecule has 0 saturated carbocycles. The van der Waals surface area contributed by atoms with Gasteiger partial charge < -0.3 is 10.5 Å². The summed E-state index contributed by atoms with van der Waals surface area (Å²) in [5.41, 5.74) is 7.66. The maximum absolute atomic E-state index is 14.0. The Morgan fingerprint density at radius 3 is 2.71 bits per heavy atom. The first-order valence-electron chi connectivity index (χ1n) is 5.27. The molecule has 1 aromatic heterocycles. The maximum atomic E-state index is 14.0. The molecule has 1 aromatic carbocycles. The van der Waals surface area contributed by atoms with Crippen molar-refractivity contribution in [2.75, 3.05) is 7.11 Å². The van der Waals surface area contributed by atoms with E-state index < -0.39 is 6.04 Å². The molecule has 0 spiro atoms. The molecule has 2 aromatic rings. The number of nitrogens with two attached hydrogens (primary N) is 1. The highest BCUT2D eigenvalue weighted by Gasteiger charge is 2.18. The van der Waals surface area contributed by atoms with Crippen LogP contribution in [0.25, 0.3) is 0 Å². The Bertz CT molecular complexity index is 524. The van der Waals surface area contributed by atoms with Gasteiger partial charge in [0, 0.05) is 10.4 Å². The van der Waals surface area contributed by atoms with E-state index in [4.69, 9.17) is 10.5 Å². The van der Waals surface area contributed by atoms with Gasteiger partial charge in [0.25, 0.3) is 0 Å². The Hall–Kier alpha value is -1.39. The van der Waals surface area contributed by atoms with E-state index >= 15 is 0 Å². The zero-order valence-corrected chi connectivity index (χ0v) is 10.6. The number of halogens is 1. The topological polar surface area (TPSA) is 35.2 Å². The summed E-state index contributed by atoms with van der Waals surface area (Å²) in [6.45, 7) is 1.98. The lowest BCUT2D eigenvalue weighted by atomic mass is 10.0. The minimum Gasteiger partial charge on any atom is -0.494 e. The number of methoxy groups -OCH3 is 1. The van der Waals surface area contributed by atoms with Crippen molar-refractivity contribution in [2.45, 2.75) is 13.0 Å². The van der Waals surface area contributed by atoms with Gasteiger partial charge in [-0.1, -0.05) is 12.1 Å². The van der Waals surface area contributed by atoms with Gasteiger partial charge in [-0.3, -0.25) is 0 Å². The van der Waals surface area contributed by atoms with E-state index in [1.54, 1.807) is 29.5 Å². The predicted octanol–water partition coefficient (Wildman–Crippen LogP) is 3.25. The first-order valence-corrected chi connectivity index (χ1v) is 6.15. The van der Waals surface area contributed by atoms with Crippen molar-refractivity contribution in [3.8, 4) is 5.75 Å². The van der Waals surface area contributed by atoms with E-state index in [2.05, 4.69) is 0 Å². The van der Waals surface area contributed by atoms with Crippen LogP contribution in [0.4, 0.5) is 4.39 Å². The lowest BCUT2D eigenvalue weighted by Gasteiger charge is -2.14. The van der Waals surface area contributed by atoms with Crippen LogP contribution in [0.2, 0.25) is 0 Å². The third-order valence-electron chi connectivity index (χ3n) is 2.73. The van der Waals surface area contributed by atoms with Gasteiger partial charge in [-0.2, -0.15) is 0 Å². The molecular weight excluding hydrogens is 237 g/mol. The molecule has 0 radical (unpaired) electrons. The quantitative estimate of drug-likeness (QED) is 0.908. The van der Waals surface area contributed by atoms with Gasteiger partial charge in [0.2, 0.25) is 0 Å². The number of rotatable bonds is 3. The van der Waals surface area contributed by atoms with E-state index in [1.165, 1.54) is 7.11 Å². The molecule has 1 heterocycles. The SMILES string of the molecule is COc1cccc(C(N)c2sccc2C)c1F. The van der Waals surface area contributed by atoms with Crippen LogP contribution in [0.5, 0.6) is 5.75 Å².